The number of rotatable bonds is 2. The van der Waals surface area contributed by atoms with E-state index in [9.17, 15) is 8.78 Å². The molecular weight excluding hydrogens is 212 g/mol. The van der Waals surface area contributed by atoms with Crippen LogP contribution in [0.25, 0.3) is 0 Å². The fourth-order valence-corrected chi connectivity index (χ4v) is 2.00. The van der Waals surface area contributed by atoms with Crippen molar-refractivity contribution in [3.05, 3.63) is 35.4 Å². The lowest BCUT2D eigenvalue weighted by molar-refractivity contribution is 0.0192. The monoisotopic (exact) mass is 227 g/mol. The van der Waals surface area contributed by atoms with Gasteiger partial charge in [0.25, 0.3) is 0 Å². The lowest BCUT2D eigenvalue weighted by Gasteiger charge is -2.32. The van der Waals surface area contributed by atoms with Crippen LogP contribution < -0.4 is 0 Å². The average molecular weight is 227 g/mol. The molecule has 0 aromatic heterocycles. The van der Waals surface area contributed by atoms with E-state index in [-0.39, 0.29) is 6.04 Å². The molecule has 1 fully saturated rings. The lowest BCUT2D eigenvalue weighted by Crippen LogP contribution is -2.38. The molecule has 0 aliphatic carbocycles. The van der Waals surface area contributed by atoms with Crippen LogP contribution in [0, 0.1) is 11.6 Å². The van der Waals surface area contributed by atoms with Gasteiger partial charge in [0.05, 0.1) is 13.2 Å². The summed E-state index contributed by atoms with van der Waals surface area (Å²) in [5.41, 5.74) is 0.545. The number of hydrogen-bond acceptors (Lipinski definition) is 2. The van der Waals surface area contributed by atoms with Gasteiger partial charge < -0.3 is 4.74 Å². The fraction of sp³-hybridized carbons (Fsp3) is 0.500. The van der Waals surface area contributed by atoms with Crippen molar-refractivity contribution in [2.45, 2.75) is 13.0 Å². The average Bonchev–Trinajstić information content (AvgIpc) is 2.29. The summed E-state index contributed by atoms with van der Waals surface area (Å²) in [4.78, 5) is 2.14. The van der Waals surface area contributed by atoms with Crippen molar-refractivity contribution < 1.29 is 13.5 Å². The molecule has 1 aliphatic heterocycles. The van der Waals surface area contributed by atoms with E-state index in [4.69, 9.17) is 4.74 Å². The van der Waals surface area contributed by atoms with Gasteiger partial charge in [-0.3, -0.25) is 4.90 Å². The number of hydrogen-bond donors (Lipinski definition) is 0. The molecule has 88 valence electrons. The third-order valence-electron chi connectivity index (χ3n) is 3.01. The van der Waals surface area contributed by atoms with Crippen molar-refractivity contribution in [2.24, 2.45) is 0 Å². The first-order chi connectivity index (χ1) is 7.68. The van der Waals surface area contributed by atoms with Gasteiger partial charge in [0.1, 0.15) is 11.6 Å². The first kappa shape index (κ1) is 11.5. The molecule has 1 unspecified atom stereocenters. The molecule has 0 saturated carbocycles. The highest BCUT2D eigenvalue weighted by Gasteiger charge is 2.20. The summed E-state index contributed by atoms with van der Waals surface area (Å²) in [5, 5.41) is 0. The molecule has 1 saturated heterocycles. The predicted octanol–water partition coefficient (Wildman–Crippen LogP) is 2.36. The van der Waals surface area contributed by atoms with E-state index < -0.39 is 11.6 Å². The van der Waals surface area contributed by atoms with Crippen LogP contribution >= 0.6 is 0 Å². The van der Waals surface area contributed by atoms with Crippen molar-refractivity contribution >= 4 is 0 Å². The summed E-state index contributed by atoms with van der Waals surface area (Å²) in [6, 6.07) is 3.72. The minimum absolute atomic E-state index is 0.0375. The highest BCUT2D eigenvalue weighted by atomic mass is 19.1. The van der Waals surface area contributed by atoms with Crippen molar-refractivity contribution in [2.75, 3.05) is 26.3 Å². The summed E-state index contributed by atoms with van der Waals surface area (Å²) in [6.45, 7) is 4.86. The van der Waals surface area contributed by atoms with Gasteiger partial charge in [-0.25, -0.2) is 8.78 Å². The quantitative estimate of drug-likeness (QED) is 0.769. The Morgan fingerprint density at radius 2 is 1.94 bits per heavy atom. The summed E-state index contributed by atoms with van der Waals surface area (Å²) in [7, 11) is 0. The molecule has 16 heavy (non-hydrogen) atoms. The Morgan fingerprint density at radius 1 is 1.25 bits per heavy atom. The number of halogens is 2. The molecule has 2 nitrogen and oxygen atoms in total. The van der Waals surface area contributed by atoms with E-state index >= 15 is 0 Å². The van der Waals surface area contributed by atoms with Crippen LogP contribution in [-0.2, 0) is 4.74 Å². The van der Waals surface area contributed by atoms with Crippen LogP contribution in [0.3, 0.4) is 0 Å². The number of morpholine rings is 1. The van der Waals surface area contributed by atoms with Crippen LogP contribution in [0.1, 0.15) is 18.5 Å². The van der Waals surface area contributed by atoms with E-state index in [0.29, 0.717) is 18.8 Å². The normalized spacial score (nSPS) is 19.7. The van der Waals surface area contributed by atoms with Gasteiger partial charge in [-0.15, -0.1) is 0 Å². The molecule has 0 spiro atoms. The molecule has 1 heterocycles. The summed E-state index contributed by atoms with van der Waals surface area (Å²) < 4.78 is 31.6. The van der Waals surface area contributed by atoms with Crippen molar-refractivity contribution in [1.82, 2.24) is 4.90 Å². The molecule has 4 heteroatoms. The largest absolute Gasteiger partial charge is 0.379 e. The Labute approximate surface area is 93.8 Å². The van der Waals surface area contributed by atoms with Gasteiger partial charge in [-0.05, 0) is 13.0 Å². The lowest BCUT2D eigenvalue weighted by atomic mass is 10.1. The maximum Gasteiger partial charge on any atom is 0.130 e. The van der Waals surface area contributed by atoms with Gasteiger partial charge in [0.15, 0.2) is 0 Å². The molecule has 2 rings (SSSR count). The van der Waals surface area contributed by atoms with Crippen LogP contribution in [0.4, 0.5) is 8.78 Å². The SMILES string of the molecule is CC(c1ccc(F)cc1F)N1CCOCC1. The Bertz CT molecular complexity index is 364. The van der Waals surface area contributed by atoms with Crippen molar-refractivity contribution in [1.29, 1.82) is 0 Å². The zero-order valence-electron chi connectivity index (χ0n) is 9.25. The highest BCUT2D eigenvalue weighted by Crippen LogP contribution is 2.24. The Morgan fingerprint density at radius 3 is 2.56 bits per heavy atom. The van der Waals surface area contributed by atoms with E-state index in [1.807, 2.05) is 6.92 Å². The molecule has 0 bridgehead atoms. The molecule has 1 aromatic rings. The summed E-state index contributed by atoms with van der Waals surface area (Å²) in [6.07, 6.45) is 0. The zero-order chi connectivity index (χ0) is 11.5. The predicted molar refractivity (Wildman–Crippen MR) is 57.2 cm³/mol. The molecule has 0 radical (unpaired) electrons. The Hall–Kier alpha value is -1.00. The van der Waals surface area contributed by atoms with Crippen LogP contribution in [-0.4, -0.2) is 31.2 Å². The smallest absolute Gasteiger partial charge is 0.130 e. The van der Waals surface area contributed by atoms with Gasteiger partial charge >= 0.3 is 0 Å². The van der Waals surface area contributed by atoms with Crippen LogP contribution in [0.2, 0.25) is 0 Å². The maximum atomic E-state index is 13.6. The van der Waals surface area contributed by atoms with Crippen molar-refractivity contribution in [3.63, 3.8) is 0 Å². The topological polar surface area (TPSA) is 12.5 Å². The zero-order valence-corrected chi connectivity index (χ0v) is 9.25. The van der Waals surface area contributed by atoms with Crippen LogP contribution in [0.5, 0.6) is 0 Å². The molecule has 1 aliphatic rings. The summed E-state index contributed by atoms with van der Waals surface area (Å²) in [5.74, 6) is -1.01. The number of ether oxygens (including phenoxy) is 1. The van der Waals surface area contributed by atoms with Crippen molar-refractivity contribution in [3.8, 4) is 0 Å². The van der Waals surface area contributed by atoms with Gasteiger partial charge in [-0.2, -0.15) is 0 Å². The second-order valence-corrected chi connectivity index (χ2v) is 3.99. The third-order valence-corrected chi connectivity index (χ3v) is 3.01. The second-order valence-electron chi connectivity index (χ2n) is 3.99. The van der Waals surface area contributed by atoms with Gasteiger partial charge in [0.2, 0.25) is 0 Å². The number of nitrogens with zero attached hydrogens (tertiary/aromatic N) is 1. The minimum atomic E-state index is -0.532. The van der Waals surface area contributed by atoms with E-state index in [0.717, 1.165) is 19.2 Å². The third kappa shape index (κ3) is 2.39. The van der Waals surface area contributed by atoms with E-state index in [1.54, 1.807) is 0 Å². The first-order valence-corrected chi connectivity index (χ1v) is 5.45. The highest BCUT2D eigenvalue weighted by molar-refractivity contribution is 5.21. The maximum absolute atomic E-state index is 13.6. The molecule has 0 amide bonds. The molecule has 1 aromatic carbocycles. The van der Waals surface area contributed by atoms with E-state index in [1.165, 1.54) is 12.1 Å². The minimum Gasteiger partial charge on any atom is -0.379 e. The first-order valence-electron chi connectivity index (χ1n) is 5.45. The molecule has 1 atom stereocenters. The van der Waals surface area contributed by atoms with Crippen LogP contribution in [0.15, 0.2) is 18.2 Å². The number of benzene rings is 1. The second kappa shape index (κ2) is 4.89. The molecular formula is C12H15F2NO. The van der Waals surface area contributed by atoms with Gasteiger partial charge in [-0.1, -0.05) is 6.07 Å². The molecule has 0 N–H and O–H groups in total. The summed E-state index contributed by atoms with van der Waals surface area (Å²) >= 11 is 0. The van der Waals surface area contributed by atoms with Gasteiger partial charge in [0, 0.05) is 30.8 Å². The fourth-order valence-electron chi connectivity index (χ4n) is 2.00. The van der Waals surface area contributed by atoms with E-state index in [2.05, 4.69) is 4.90 Å². The Balaban J connectivity index is 2.15. The Kier molecular flexibility index (Phi) is 3.51. The standard InChI is InChI=1S/C12H15F2NO/c1-9(15-4-6-16-7-5-15)11-3-2-10(13)8-12(11)14/h2-3,8-9H,4-7H2,1H3.